The van der Waals surface area contributed by atoms with Gasteiger partial charge in [-0.15, -0.1) is 11.3 Å². The van der Waals surface area contributed by atoms with Crippen LogP contribution in [0.5, 0.6) is 5.75 Å². The summed E-state index contributed by atoms with van der Waals surface area (Å²) in [7, 11) is 1.38. The number of hydrogen-bond acceptors (Lipinski definition) is 7. The monoisotopic (exact) mass is 400 g/mol. The molecule has 0 aliphatic rings. The molecule has 1 N–H and O–H groups in total. The van der Waals surface area contributed by atoms with Crippen LogP contribution >= 0.6 is 11.3 Å². The standard InChI is InChI=1S/C19H16N2O6S/c1-11(27-19(23)17-9-12-5-3-4-6-16(12)28-17)18(22)20-14-8-7-13(26-2)10-15(14)21(24)25/h3-11H,1-2H3,(H,20,22). The first-order chi connectivity index (χ1) is 13.4. The third-order valence-electron chi connectivity index (χ3n) is 3.94. The largest absolute Gasteiger partial charge is 0.496 e. The van der Waals surface area contributed by atoms with Gasteiger partial charge in [0, 0.05) is 4.70 Å². The maximum Gasteiger partial charge on any atom is 0.349 e. The molecule has 0 radical (unpaired) electrons. The number of ether oxygens (including phenoxy) is 2. The molecule has 1 aromatic heterocycles. The Labute approximate surface area is 163 Å². The lowest BCUT2D eigenvalue weighted by molar-refractivity contribution is -0.384. The molecule has 1 heterocycles. The quantitative estimate of drug-likeness (QED) is 0.381. The van der Waals surface area contributed by atoms with Gasteiger partial charge in [-0.25, -0.2) is 4.79 Å². The van der Waals surface area contributed by atoms with Gasteiger partial charge in [0.05, 0.1) is 18.1 Å². The Morgan fingerprint density at radius 3 is 2.61 bits per heavy atom. The Kier molecular flexibility index (Phi) is 5.55. The predicted octanol–water partition coefficient (Wildman–Crippen LogP) is 4.00. The molecule has 8 nitrogen and oxygen atoms in total. The van der Waals surface area contributed by atoms with Crippen molar-refractivity contribution in [3.05, 3.63) is 63.5 Å². The highest BCUT2D eigenvalue weighted by molar-refractivity contribution is 7.20. The van der Waals surface area contributed by atoms with Crippen LogP contribution in [0.2, 0.25) is 0 Å². The Hall–Kier alpha value is -3.46. The number of benzene rings is 2. The number of esters is 1. The van der Waals surface area contributed by atoms with E-state index in [1.807, 2.05) is 24.3 Å². The molecule has 0 saturated heterocycles. The van der Waals surface area contributed by atoms with Crippen molar-refractivity contribution < 1.29 is 24.0 Å². The molecule has 0 fully saturated rings. The van der Waals surface area contributed by atoms with Gasteiger partial charge in [-0.2, -0.15) is 0 Å². The van der Waals surface area contributed by atoms with Crippen LogP contribution in [0.3, 0.4) is 0 Å². The van der Waals surface area contributed by atoms with Crippen molar-refractivity contribution in [2.75, 3.05) is 12.4 Å². The summed E-state index contributed by atoms with van der Waals surface area (Å²) in [5.74, 6) is -1.02. The molecular formula is C19H16N2O6S. The Bertz CT molecular complexity index is 1030. The highest BCUT2D eigenvalue weighted by atomic mass is 32.1. The number of nitrogens with zero attached hydrogens (tertiary/aromatic N) is 1. The molecule has 3 aromatic rings. The molecule has 0 aliphatic heterocycles. The first-order valence-corrected chi connectivity index (χ1v) is 9.03. The summed E-state index contributed by atoms with van der Waals surface area (Å²) in [5, 5.41) is 14.5. The third-order valence-corrected chi connectivity index (χ3v) is 5.04. The van der Waals surface area contributed by atoms with Crippen molar-refractivity contribution in [1.82, 2.24) is 0 Å². The number of carbonyl (C=O) groups is 2. The van der Waals surface area contributed by atoms with Gasteiger partial charge in [-0.1, -0.05) is 18.2 Å². The molecular weight excluding hydrogens is 384 g/mol. The highest BCUT2D eigenvalue weighted by Gasteiger charge is 2.23. The van der Waals surface area contributed by atoms with E-state index >= 15 is 0 Å². The Morgan fingerprint density at radius 1 is 1.18 bits per heavy atom. The molecule has 3 rings (SSSR count). The van der Waals surface area contributed by atoms with Crippen LogP contribution < -0.4 is 10.1 Å². The van der Waals surface area contributed by atoms with Crippen molar-refractivity contribution in [3.8, 4) is 5.75 Å². The summed E-state index contributed by atoms with van der Waals surface area (Å²) < 4.78 is 11.1. The Morgan fingerprint density at radius 2 is 1.93 bits per heavy atom. The lowest BCUT2D eigenvalue weighted by Gasteiger charge is -2.13. The highest BCUT2D eigenvalue weighted by Crippen LogP contribution is 2.29. The maximum absolute atomic E-state index is 12.3. The van der Waals surface area contributed by atoms with Crippen LogP contribution in [0, 0.1) is 10.1 Å². The fourth-order valence-electron chi connectivity index (χ4n) is 2.48. The minimum Gasteiger partial charge on any atom is -0.496 e. The zero-order valence-corrected chi connectivity index (χ0v) is 15.8. The number of hydrogen-bond donors (Lipinski definition) is 1. The van der Waals surface area contributed by atoms with E-state index in [0.29, 0.717) is 4.88 Å². The van der Waals surface area contributed by atoms with E-state index in [9.17, 15) is 19.7 Å². The number of fused-ring (bicyclic) bond motifs is 1. The summed E-state index contributed by atoms with van der Waals surface area (Å²) in [5.41, 5.74) is -0.337. The van der Waals surface area contributed by atoms with Crippen LogP contribution in [0.25, 0.3) is 10.1 Å². The van der Waals surface area contributed by atoms with Crippen LogP contribution in [0.1, 0.15) is 16.6 Å². The summed E-state index contributed by atoms with van der Waals surface area (Å²) in [6.07, 6.45) is -1.14. The number of anilines is 1. The molecule has 1 amide bonds. The molecule has 0 aliphatic carbocycles. The first-order valence-electron chi connectivity index (χ1n) is 8.22. The average Bonchev–Trinajstić information content (AvgIpc) is 3.12. The number of carbonyl (C=O) groups excluding carboxylic acids is 2. The Balaban J connectivity index is 1.71. The van der Waals surface area contributed by atoms with Gasteiger partial charge in [-0.05, 0) is 36.6 Å². The van der Waals surface area contributed by atoms with E-state index in [2.05, 4.69) is 5.32 Å². The second-order valence-corrected chi connectivity index (χ2v) is 6.91. The summed E-state index contributed by atoms with van der Waals surface area (Å²) in [4.78, 5) is 35.6. The second kappa shape index (κ2) is 8.05. The van der Waals surface area contributed by atoms with Gasteiger partial charge in [0.15, 0.2) is 6.10 Å². The lowest BCUT2D eigenvalue weighted by atomic mass is 10.2. The maximum atomic E-state index is 12.3. The summed E-state index contributed by atoms with van der Waals surface area (Å²) >= 11 is 1.26. The molecule has 1 unspecified atom stereocenters. The van der Waals surface area contributed by atoms with Crippen molar-refractivity contribution in [2.45, 2.75) is 13.0 Å². The van der Waals surface area contributed by atoms with Crippen molar-refractivity contribution in [1.29, 1.82) is 0 Å². The van der Waals surface area contributed by atoms with Crippen molar-refractivity contribution in [3.63, 3.8) is 0 Å². The number of nitro groups is 1. The van der Waals surface area contributed by atoms with Crippen molar-refractivity contribution in [2.24, 2.45) is 0 Å². The number of nitro benzene ring substituents is 1. The van der Waals surface area contributed by atoms with Gasteiger partial charge in [0.2, 0.25) is 0 Å². The fourth-order valence-corrected chi connectivity index (χ4v) is 3.43. The number of nitrogens with one attached hydrogen (secondary N) is 1. The van der Waals surface area contributed by atoms with Gasteiger partial charge >= 0.3 is 5.97 Å². The molecule has 0 saturated carbocycles. The van der Waals surface area contributed by atoms with E-state index in [0.717, 1.165) is 10.1 Å². The van der Waals surface area contributed by atoms with Gasteiger partial charge in [0.1, 0.15) is 16.3 Å². The molecule has 1 atom stereocenters. The van der Waals surface area contributed by atoms with E-state index < -0.39 is 22.9 Å². The molecule has 144 valence electrons. The normalized spacial score (nSPS) is 11.6. The van der Waals surface area contributed by atoms with Gasteiger partial charge in [0.25, 0.3) is 11.6 Å². The van der Waals surface area contributed by atoms with Gasteiger partial charge < -0.3 is 14.8 Å². The van der Waals surface area contributed by atoms with E-state index in [-0.39, 0.29) is 17.1 Å². The number of amides is 1. The van der Waals surface area contributed by atoms with E-state index in [1.165, 1.54) is 43.6 Å². The second-order valence-electron chi connectivity index (χ2n) is 5.83. The topological polar surface area (TPSA) is 108 Å². The molecule has 2 aromatic carbocycles. The zero-order valence-electron chi connectivity index (χ0n) is 15.0. The average molecular weight is 400 g/mol. The smallest absolute Gasteiger partial charge is 0.349 e. The summed E-state index contributed by atoms with van der Waals surface area (Å²) in [6, 6.07) is 13.2. The number of thiophene rings is 1. The van der Waals surface area contributed by atoms with Crippen LogP contribution in [0.15, 0.2) is 48.5 Å². The minimum atomic E-state index is -1.14. The van der Waals surface area contributed by atoms with Gasteiger partial charge in [-0.3, -0.25) is 14.9 Å². The van der Waals surface area contributed by atoms with E-state index in [1.54, 1.807) is 6.07 Å². The first kappa shape index (κ1) is 19.3. The summed E-state index contributed by atoms with van der Waals surface area (Å²) in [6.45, 7) is 1.40. The molecule has 0 bridgehead atoms. The number of rotatable bonds is 6. The molecule has 28 heavy (non-hydrogen) atoms. The zero-order chi connectivity index (χ0) is 20.3. The van der Waals surface area contributed by atoms with Crippen LogP contribution in [-0.2, 0) is 9.53 Å². The number of methoxy groups -OCH3 is 1. The van der Waals surface area contributed by atoms with Crippen molar-refractivity contribution >= 4 is 44.7 Å². The van der Waals surface area contributed by atoms with Crippen LogP contribution in [-0.4, -0.2) is 30.0 Å². The van der Waals surface area contributed by atoms with E-state index in [4.69, 9.17) is 9.47 Å². The molecule has 0 spiro atoms. The van der Waals surface area contributed by atoms with Crippen LogP contribution in [0.4, 0.5) is 11.4 Å². The lowest BCUT2D eigenvalue weighted by Crippen LogP contribution is -2.30. The minimum absolute atomic E-state index is 0.0134. The fraction of sp³-hybridized carbons (Fsp3) is 0.158. The third kappa shape index (κ3) is 4.09. The molecule has 9 heteroatoms. The predicted molar refractivity (Wildman–Crippen MR) is 105 cm³/mol. The SMILES string of the molecule is COc1ccc(NC(=O)C(C)OC(=O)c2cc3ccccc3s2)c([N+](=O)[O-])c1.